The molecule has 130 valence electrons. The van der Waals surface area contributed by atoms with E-state index >= 15 is 0 Å². The molecule has 1 aliphatic heterocycles. The Morgan fingerprint density at radius 2 is 1.68 bits per heavy atom. The summed E-state index contributed by atoms with van der Waals surface area (Å²) in [6.07, 6.45) is 1.80. The molecule has 0 radical (unpaired) electrons. The van der Waals surface area contributed by atoms with Crippen LogP contribution in [-0.2, 0) is 6.54 Å². The number of hydrogen-bond acceptors (Lipinski definition) is 3. The van der Waals surface area contributed by atoms with Crippen LogP contribution < -0.4 is 5.32 Å². The number of hydrogen-bond donors (Lipinski definition) is 2. The van der Waals surface area contributed by atoms with Crippen molar-refractivity contribution in [1.29, 1.82) is 0 Å². The third kappa shape index (κ3) is 4.67. The topological polar surface area (TPSA) is 69.6 Å². The first-order valence-electron chi connectivity index (χ1n) is 8.52. The van der Waals surface area contributed by atoms with Gasteiger partial charge < -0.3 is 10.4 Å². The molecule has 25 heavy (non-hydrogen) atoms. The van der Waals surface area contributed by atoms with E-state index in [2.05, 4.69) is 22.3 Å². The van der Waals surface area contributed by atoms with Gasteiger partial charge in [0.05, 0.1) is 5.56 Å². The van der Waals surface area contributed by atoms with Gasteiger partial charge in [0, 0.05) is 31.2 Å². The molecule has 3 rings (SSSR count). The second-order valence-corrected chi connectivity index (χ2v) is 6.40. The van der Waals surface area contributed by atoms with Gasteiger partial charge in [-0.2, -0.15) is 0 Å². The first kappa shape index (κ1) is 17.2. The van der Waals surface area contributed by atoms with Crippen LogP contribution in [0.25, 0.3) is 0 Å². The van der Waals surface area contributed by atoms with Crippen molar-refractivity contribution in [2.45, 2.75) is 25.4 Å². The average molecular weight is 338 g/mol. The molecule has 0 bridgehead atoms. The lowest BCUT2D eigenvalue weighted by molar-refractivity contribution is 0.0697. The first-order valence-corrected chi connectivity index (χ1v) is 8.52. The Labute approximate surface area is 147 Å². The van der Waals surface area contributed by atoms with Gasteiger partial charge in [-0.1, -0.05) is 36.4 Å². The van der Waals surface area contributed by atoms with Crippen molar-refractivity contribution in [3.8, 4) is 0 Å². The summed E-state index contributed by atoms with van der Waals surface area (Å²) >= 11 is 0. The number of benzene rings is 2. The maximum Gasteiger partial charge on any atom is 0.335 e. The van der Waals surface area contributed by atoms with E-state index in [4.69, 9.17) is 5.11 Å². The summed E-state index contributed by atoms with van der Waals surface area (Å²) in [4.78, 5) is 25.7. The minimum absolute atomic E-state index is 0.130. The molecule has 0 saturated carbocycles. The van der Waals surface area contributed by atoms with Crippen molar-refractivity contribution in [1.82, 2.24) is 10.2 Å². The van der Waals surface area contributed by atoms with Crippen molar-refractivity contribution in [2.75, 3.05) is 13.1 Å². The van der Waals surface area contributed by atoms with Crippen molar-refractivity contribution in [3.63, 3.8) is 0 Å². The highest BCUT2D eigenvalue weighted by atomic mass is 16.4. The Balaban J connectivity index is 1.51. The van der Waals surface area contributed by atoms with E-state index in [0.717, 1.165) is 32.5 Å². The van der Waals surface area contributed by atoms with Gasteiger partial charge in [-0.05, 0) is 36.6 Å². The van der Waals surface area contributed by atoms with Crippen LogP contribution in [0.2, 0.25) is 0 Å². The summed E-state index contributed by atoms with van der Waals surface area (Å²) in [6, 6.07) is 16.7. The summed E-state index contributed by atoms with van der Waals surface area (Å²) in [6.45, 7) is 2.81. The number of amides is 1. The molecule has 0 atom stereocenters. The molecule has 0 aliphatic carbocycles. The van der Waals surface area contributed by atoms with Gasteiger partial charge in [0.1, 0.15) is 0 Å². The van der Waals surface area contributed by atoms with Crippen molar-refractivity contribution in [3.05, 3.63) is 71.3 Å². The maximum atomic E-state index is 12.3. The van der Waals surface area contributed by atoms with Gasteiger partial charge >= 0.3 is 5.97 Å². The normalized spacial score (nSPS) is 15.7. The lowest BCUT2D eigenvalue weighted by Crippen LogP contribution is -2.44. The SMILES string of the molecule is O=C(O)c1cccc(C(=O)NC2CCN(Cc3ccccc3)CC2)c1. The van der Waals surface area contributed by atoms with Gasteiger partial charge in [-0.25, -0.2) is 4.79 Å². The second kappa shape index (κ2) is 7.94. The summed E-state index contributed by atoms with van der Waals surface area (Å²) < 4.78 is 0. The van der Waals surface area contributed by atoms with E-state index in [1.807, 2.05) is 18.2 Å². The van der Waals surface area contributed by atoms with Crippen LogP contribution >= 0.6 is 0 Å². The number of aromatic carboxylic acids is 1. The molecule has 1 heterocycles. The Morgan fingerprint density at radius 1 is 1.00 bits per heavy atom. The maximum absolute atomic E-state index is 12.3. The average Bonchev–Trinajstić information content (AvgIpc) is 2.64. The number of carbonyl (C=O) groups is 2. The van der Waals surface area contributed by atoms with Crippen LogP contribution in [0.1, 0.15) is 39.1 Å². The number of carbonyl (C=O) groups excluding carboxylic acids is 1. The van der Waals surface area contributed by atoms with Gasteiger partial charge in [0.2, 0.25) is 0 Å². The molecule has 2 N–H and O–H groups in total. The van der Waals surface area contributed by atoms with E-state index in [1.54, 1.807) is 12.1 Å². The third-order valence-electron chi connectivity index (χ3n) is 4.54. The smallest absolute Gasteiger partial charge is 0.335 e. The molecule has 1 saturated heterocycles. The molecule has 1 amide bonds. The standard InChI is InChI=1S/C20H22N2O3/c23-19(16-7-4-8-17(13-16)20(24)25)21-18-9-11-22(12-10-18)14-15-5-2-1-3-6-15/h1-8,13,18H,9-12,14H2,(H,21,23)(H,24,25). The largest absolute Gasteiger partial charge is 0.478 e. The molecular formula is C20H22N2O3. The Hall–Kier alpha value is -2.66. The van der Waals surface area contributed by atoms with Gasteiger partial charge in [-0.15, -0.1) is 0 Å². The van der Waals surface area contributed by atoms with E-state index in [0.29, 0.717) is 5.56 Å². The summed E-state index contributed by atoms with van der Waals surface area (Å²) in [7, 11) is 0. The zero-order valence-corrected chi connectivity index (χ0v) is 14.0. The minimum atomic E-state index is -1.02. The van der Waals surface area contributed by atoms with Crippen LogP contribution in [0.3, 0.4) is 0 Å². The third-order valence-corrected chi connectivity index (χ3v) is 4.54. The zero-order chi connectivity index (χ0) is 17.6. The molecule has 1 aliphatic rings. The Kier molecular flexibility index (Phi) is 5.46. The molecule has 0 aromatic heterocycles. The molecule has 5 nitrogen and oxygen atoms in total. The molecule has 5 heteroatoms. The van der Waals surface area contributed by atoms with E-state index < -0.39 is 5.97 Å². The van der Waals surface area contributed by atoms with Crippen LogP contribution in [0.15, 0.2) is 54.6 Å². The van der Waals surface area contributed by atoms with E-state index in [1.165, 1.54) is 17.7 Å². The first-order chi connectivity index (χ1) is 12.1. The van der Waals surface area contributed by atoms with Gasteiger partial charge in [0.15, 0.2) is 0 Å². The number of carboxylic acids is 1. The van der Waals surface area contributed by atoms with Gasteiger partial charge in [0.25, 0.3) is 5.91 Å². The van der Waals surface area contributed by atoms with Crippen molar-refractivity contribution in [2.24, 2.45) is 0 Å². The summed E-state index contributed by atoms with van der Waals surface area (Å²) in [5, 5.41) is 12.1. The highest BCUT2D eigenvalue weighted by Crippen LogP contribution is 2.15. The summed E-state index contributed by atoms with van der Waals surface area (Å²) in [5.74, 6) is -1.23. The number of rotatable bonds is 5. The monoisotopic (exact) mass is 338 g/mol. The highest BCUT2D eigenvalue weighted by molar-refractivity contribution is 5.97. The lowest BCUT2D eigenvalue weighted by atomic mass is 10.0. The predicted octanol–water partition coefficient (Wildman–Crippen LogP) is 2.78. The minimum Gasteiger partial charge on any atom is -0.478 e. The molecule has 0 unspecified atom stereocenters. The second-order valence-electron chi connectivity index (χ2n) is 6.40. The number of nitrogens with one attached hydrogen (secondary N) is 1. The molecular weight excluding hydrogens is 316 g/mol. The quantitative estimate of drug-likeness (QED) is 0.879. The summed E-state index contributed by atoms with van der Waals surface area (Å²) in [5.41, 5.74) is 1.83. The van der Waals surface area contributed by atoms with E-state index in [-0.39, 0.29) is 17.5 Å². The molecule has 1 fully saturated rings. The lowest BCUT2D eigenvalue weighted by Gasteiger charge is -2.32. The Bertz CT molecular complexity index is 738. The fourth-order valence-corrected chi connectivity index (χ4v) is 3.14. The number of nitrogens with zero attached hydrogens (tertiary/aromatic N) is 1. The van der Waals surface area contributed by atoms with Gasteiger partial charge in [-0.3, -0.25) is 9.69 Å². The van der Waals surface area contributed by atoms with Crippen LogP contribution in [0, 0.1) is 0 Å². The highest BCUT2D eigenvalue weighted by Gasteiger charge is 2.21. The number of likely N-dealkylation sites (tertiary alicyclic amines) is 1. The fourth-order valence-electron chi connectivity index (χ4n) is 3.14. The van der Waals surface area contributed by atoms with Crippen LogP contribution in [0.4, 0.5) is 0 Å². The molecule has 0 spiro atoms. The number of carboxylic acid groups (broad SMARTS) is 1. The molecule has 2 aromatic carbocycles. The molecule has 2 aromatic rings. The van der Waals surface area contributed by atoms with Crippen molar-refractivity contribution < 1.29 is 14.7 Å². The van der Waals surface area contributed by atoms with Crippen LogP contribution in [0.5, 0.6) is 0 Å². The van der Waals surface area contributed by atoms with Crippen LogP contribution in [-0.4, -0.2) is 41.0 Å². The predicted molar refractivity (Wildman–Crippen MR) is 95.6 cm³/mol. The Morgan fingerprint density at radius 3 is 2.36 bits per heavy atom. The van der Waals surface area contributed by atoms with Crippen molar-refractivity contribution >= 4 is 11.9 Å². The number of piperidine rings is 1. The zero-order valence-electron chi connectivity index (χ0n) is 14.0. The van der Waals surface area contributed by atoms with E-state index in [9.17, 15) is 9.59 Å². The fraction of sp³-hybridized carbons (Fsp3) is 0.300.